The first kappa shape index (κ1) is 30.8. The number of aromatic amines is 1. The van der Waals surface area contributed by atoms with Gasteiger partial charge in [-0.3, -0.25) is 9.58 Å². The molecule has 1 saturated heterocycles. The Bertz CT molecular complexity index is 1770. The minimum Gasteiger partial charge on any atom is -0.493 e. The number of aliphatic hydroxyl groups is 1. The summed E-state index contributed by atoms with van der Waals surface area (Å²) in [6.45, 7) is 9.48. The number of nitrogens with one attached hydrogen (secondary N) is 1. The Kier molecular flexibility index (Phi) is 9.78. The number of morpholine rings is 1. The van der Waals surface area contributed by atoms with Crippen molar-refractivity contribution >= 4 is 27.6 Å². The molecule has 0 bridgehead atoms. The molecular weight excluding hydrogens is 568 g/mol. The predicted molar refractivity (Wildman–Crippen MR) is 178 cm³/mol. The zero-order chi connectivity index (χ0) is 31.2. The van der Waals surface area contributed by atoms with Crippen LogP contribution in [0, 0.1) is 0 Å². The molecule has 2 N–H and O–H groups in total. The topological polar surface area (TPSA) is 102 Å². The zero-order valence-corrected chi connectivity index (χ0v) is 26.2. The summed E-state index contributed by atoms with van der Waals surface area (Å²) in [5.41, 5.74) is 5.78. The quantitative estimate of drug-likeness (QED) is 0.124. The number of ether oxygens (including phenoxy) is 3. The summed E-state index contributed by atoms with van der Waals surface area (Å²) in [6.07, 6.45) is 2.11. The van der Waals surface area contributed by atoms with Crippen LogP contribution in [0.1, 0.15) is 49.1 Å². The van der Waals surface area contributed by atoms with Gasteiger partial charge in [-0.15, -0.1) is 0 Å². The van der Waals surface area contributed by atoms with Gasteiger partial charge in [0.15, 0.2) is 0 Å². The second-order valence-electron chi connectivity index (χ2n) is 11.3. The van der Waals surface area contributed by atoms with Gasteiger partial charge in [0.05, 0.1) is 50.8 Å². The molecule has 0 amide bonds. The van der Waals surface area contributed by atoms with Crippen molar-refractivity contribution in [2.45, 2.75) is 46.3 Å². The van der Waals surface area contributed by atoms with E-state index < -0.39 is 0 Å². The fraction of sp³-hybridized carbons (Fsp3) is 0.389. The van der Waals surface area contributed by atoms with Crippen molar-refractivity contribution in [3.05, 3.63) is 83.3 Å². The third kappa shape index (κ3) is 6.47. The van der Waals surface area contributed by atoms with Crippen LogP contribution in [0.25, 0.3) is 32.8 Å². The van der Waals surface area contributed by atoms with E-state index >= 15 is 0 Å². The molecule has 3 aromatic carbocycles. The van der Waals surface area contributed by atoms with Gasteiger partial charge in [-0.25, -0.2) is 4.79 Å². The Morgan fingerprint density at radius 1 is 1.02 bits per heavy atom. The molecule has 0 unspecified atom stereocenters. The van der Waals surface area contributed by atoms with Crippen LogP contribution in [0.15, 0.2) is 60.7 Å². The van der Waals surface area contributed by atoms with Crippen molar-refractivity contribution in [3.8, 4) is 16.9 Å². The van der Waals surface area contributed by atoms with E-state index in [1.54, 1.807) is 0 Å². The molecule has 2 aromatic heterocycles. The number of hydrogen-bond acceptors (Lipinski definition) is 7. The van der Waals surface area contributed by atoms with Gasteiger partial charge in [-0.1, -0.05) is 61.5 Å². The lowest BCUT2D eigenvalue weighted by Crippen LogP contribution is -2.38. The molecule has 0 saturated carbocycles. The first-order valence-corrected chi connectivity index (χ1v) is 16.0. The Balaban J connectivity index is 0.00000417. The number of aryl methyl sites for hydroxylation is 1. The van der Waals surface area contributed by atoms with E-state index in [0.717, 1.165) is 95.6 Å². The second-order valence-corrected chi connectivity index (χ2v) is 11.3. The fourth-order valence-electron chi connectivity index (χ4n) is 6.45. The van der Waals surface area contributed by atoms with Crippen LogP contribution in [0.4, 0.5) is 0 Å². The minimum absolute atomic E-state index is 0. The monoisotopic (exact) mass is 612 g/mol. The number of fused-ring (bicyclic) bond motifs is 2. The van der Waals surface area contributed by atoms with Crippen molar-refractivity contribution < 1.29 is 25.5 Å². The Morgan fingerprint density at radius 2 is 1.80 bits per heavy atom. The maximum Gasteiger partial charge on any atom is 0.355 e. The number of benzene rings is 3. The van der Waals surface area contributed by atoms with Crippen LogP contribution in [-0.4, -0.2) is 76.8 Å². The highest BCUT2D eigenvalue weighted by atomic mass is 16.5. The first-order valence-electron chi connectivity index (χ1n) is 16.0. The average molecular weight is 613 g/mol. The first-order chi connectivity index (χ1) is 22.1. The lowest BCUT2D eigenvalue weighted by atomic mass is 9.97. The lowest BCUT2D eigenvalue weighted by molar-refractivity contribution is 0.0358. The van der Waals surface area contributed by atoms with Crippen molar-refractivity contribution in [1.82, 2.24) is 19.7 Å². The van der Waals surface area contributed by atoms with Crippen LogP contribution in [0.5, 0.6) is 5.75 Å². The number of esters is 1. The zero-order valence-electron chi connectivity index (χ0n) is 26.2. The molecule has 238 valence electrons. The number of nitrogens with zero attached hydrogens (tertiary/aromatic N) is 3. The van der Waals surface area contributed by atoms with Crippen molar-refractivity contribution in [2.75, 3.05) is 46.1 Å². The standard InChI is InChI=1S/C36H42N4O5.H2/c1-3-31-33(30(24-41)38-40(31)18-17-39-19-22-43-23-20-39)29-14-8-13-27-28(35(37-34(27)29)36(42)44-4-2)15-9-21-45-32-16-7-11-25-10-5-6-12-26(25)32;/h5-8,10-14,16,37,41H,3-4,9,15,17-24H2,1-2H3;1H. The molecule has 1 aliphatic rings. The van der Waals surface area contributed by atoms with Crippen LogP contribution in [-0.2, 0) is 35.5 Å². The van der Waals surface area contributed by atoms with Gasteiger partial charge in [0, 0.05) is 48.7 Å². The molecule has 1 fully saturated rings. The normalized spacial score (nSPS) is 13.9. The number of rotatable bonds is 13. The van der Waals surface area contributed by atoms with Crippen molar-refractivity contribution in [3.63, 3.8) is 0 Å². The molecule has 0 atom stereocenters. The number of H-pyrrole nitrogens is 1. The number of aromatic nitrogens is 3. The summed E-state index contributed by atoms with van der Waals surface area (Å²) in [4.78, 5) is 19.0. The summed E-state index contributed by atoms with van der Waals surface area (Å²) in [5, 5.41) is 18.5. The maximum atomic E-state index is 13.2. The molecule has 3 heterocycles. The molecule has 6 rings (SSSR count). The summed E-state index contributed by atoms with van der Waals surface area (Å²) in [7, 11) is 0. The van der Waals surface area contributed by atoms with Crippen LogP contribution >= 0.6 is 0 Å². The highest BCUT2D eigenvalue weighted by Gasteiger charge is 2.25. The predicted octanol–water partition coefficient (Wildman–Crippen LogP) is 6.01. The van der Waals surface area contributed by atoms with E-state index in [-0.39, 0.29) is 20.6 Å². The highest BCUT2D eigenvalue weighted by Crippen LogP contribution is 2.37. The number of carbonyl (C=O) groups is 1. The van der Waals surface area contributed by atoms with E-state index in [1.807, 2.05) is 54.1 Å². The van der Waals surface area contributed by atoms with E-state index in [2.05, 4.69) is 35.0 Å². The lowest BCUT2D eigenvalue weighted by Gasteiger charge is -2.26. The molecular formula is C36H44N4O5. The van der Waals surface area contributed by atoms with Crippen molar-refractivity contribution in [2.24, 2.45) is 0 Å². The van der Waals surface area contributed by atoms with Crippen LogP contribution in [0.2, 0.25) is 0 Å². The molecule has 9 nitrogen and oxygen atoms in total. The average Bonchev–Trinajstić information content (AvgIpc) is 3.64. The third-order valence-electron chi connectivity index (χ3n) is 8.62. The minimum atomic E-state index is -0.371. The van der Waals surface area contributed by atoms with Gasteiger partial charge in [0.25, 0.3) is 0 Å². The highest BCUT2D eigenvalue weighted by molar-refractivity contribution is 6.04. The summed E-state index contributed by atoms with van der Waals surface area (Å²) < 4.78 is 19.2. The molecule has 0 aliphatic carbocycles. The fourth-order valence-corrected chi connectivity index (χ4v) is 6.45. The summed E-state index contributed by atoms with van der Waals surface area (Å²) in [5.74, 6) is 0.484. The van der Waals surface area contributed by atoms with Gasteiger partial charge in [-0.05, 0) is 43.2 Å². The van der Waals surface area contributed by atoms with Crippen molar-refractivity contribution in [1.29, 1.82) is 0 Å². The number of aliphatic hydroxyl groups excluding tert-OH is 1. The maximum absolute atomic E-state index is 13.2. The summed E-state index contributed by atoms with van der Waals surface area (Å²) in [6, 6.07) is 20.4. The molecule has 45 heavy (non-hydrogen) atoms. The third-order valence-corrected chi connectivity index (χ3v) is 8.62. The van der Waals surface area contributed by atoms with Gasteiger partial charge in [0.1, 0.15) is 11.4 Å². The van der Waals surface area contributed by atoms with Gasteiger partial charge in [-0.2, -0.15) is 5.10 Å². The Hall–Kier alpha value is -4.18. The SMILES string of the molecule is CCOC(=O)c1[nH]c2c(-c3c(CO)nn(CCN4CCOCC4)c3CC)cccc2c1CCCOc1cccc2ccccc12.[HH]. The summed E-state index contributed by atoms with van der Waals surface area (Å²) >= 11 is 0. The number of carbonyl (C=O) groups excluding carboxylic acids is 1. The van der Waals surface area contributed by atoms with E-state index in [9.17, 15) is 9.90 Å². The molecule has 5 aromatic rings. The molecule has 0 spiro atoms. The molecule has 1 aliphatic heterocycles. The molecule has 9 heteroatoms. The number of para-hydroxylation sites is 1. The largest absolute Gasteiger partial charge is 0.493 e. The van der Waals surface area contributed by atoms with Gasteiger partial charge < -0.3 is 24.3 Å². The van der Waals surface area contributed by atoms with E-state index in [0.29, 0.717) is 30.8 Å². The van der Waals surface area contributed by atoms with Crippen LogP contribution < -0.4 is 4.74 Å². The van der Waals surface area contributed by atoms with Crippen LogP contribution in [0.3, 0.4) is 0 Å². The number of hydrogen-bond donors (Lipinski definition) is 2. The van der Waals surface area contributed by atoms with Gasteiger partial charge in [0.2, 0.25) is 0 Å². The van der Waals surface area contributed by atoms with Gasteiger partial charge >= 0.3 is 5.97 Å². The van der Waals surface area contributed by atoms with E-state index in [1.165, 1.54) is 0 Å². The smallest absolute Gasteiger partial charge is 0.355 e. The van der Waals surface area contributed by atoms with E-state index in [4.69, 9.17) is 19.3 Å². The molecule has 0 radical (unpaired) electrons. The Labute approximate surface area is 265 Å². The second kappa shape index (κ2) is 14.3. The Morgan fingerprint density at radius 3 is 2.60 bits per heavy atom.